The van der Waals surface area contributed by atoms with Gasteiger partial charge in [-0.3, -0.25) is 14.5 Å². The number of hydrogen-bond acceptors (Lipinski definition) is 7. The summed E-state index contributed by atoms with van der Waals surface area (Å²) >= 11 is 6.90. The van der Waals surface area contributed by atoms with E-state index >= 15 is 0 Å². The SMILES string of the molecule is CC1CCCN(S(=O)(=O)c2cccc(-c3nn(-c4ccccc4)cc3/C=C3\SC(=S)N(CCCCCCCCCCC(=O)O)C3=O)c2)C1. The second-order valence-corrected chi connectivity index (χ2v) is 16.3. The van der Waals surface area contributed by atoms with Crippen LogP contribution in [0.1, 0.15) is 83.1 Å². The van der Waals surface area contributed by atoms with Gasteiger partial charge < -0.3 is 5.11 Å². The predicted molar refractivity (Wildman–Crippen MR) is 195 cm³/mol. The molecule has 1 aromatic heterocycles. The Morgan fingerprint density at radius 3 is 2.44 bits per heavy atom. The van der Waals surface area contributed by atoms with Crippen LogP contribution < -0.4 is 0 Å². The number of carbonyl (C=O) groups is 2. The molecule has 3 heterocycles. The zero-order valence-electron chi connectivity index (χ0n) is 27.4. The van der Waals surface area contributed by atoms with Crippen LogP contribution >= 0.6 is 24.0 Å². The number of carboxylic acid groups (broad SMARTS) is 1. The highest BCUT2D eigenvalue weighted by Gasteiger charge is 2.32. The van der Waals surface area contributed by atoms with Crippen molar-refractivity contribution in [2.45, 2.75) is 82.4 Å². The number of piperidine rings is 1. The molecule has 12 heteroatoms. The fraction of sp³-hybridized carbons (Fsp3) is 0.444. The first-order chi connectivity index (χ1) is 23.1. The summed E-state index contributed by atoms with van der Waals surface area (Å²) in [4.78, 5) is 26.6. The van der Waals surface area contributed by atoms with Gasteiger partial charge in [-0.2, -0.15) is 9.40 Å². The Balaban J connectivity index is 1.30. The molecule has 2 saturated heterocycles. The minimum absolute atomic E-state index is 0.127. The molecule has 1 N–H and O–H groups in total. The standard InChI is InChI=1S/C36H44N4O5S3/c1-27-15-14-21-38(25-27)48(44,45)31-19-13-16-28(23-31)34-29(26-40(37-34)30-17-9-8-10-18-30)24-32-35(43)39(36(46)47-32)22-12-7-5-3-2-4-6-11-20-33(41)42/h8-10,13,16-19,23-24,26-27H,2-7,11-12,14-15,20-22,25H2,1H3,(H,41,42)/b32-24-. The number of unbranched alkanes of at least 4 members (excludes halogenated alkanes) is 7. The number of thioether (sulfide) groups is 1. The van der Waals surface area contributed by atoms with Gasteiger partial charge in [-0.1, -0.05) is 99.8 Å². The van der Waals surface area contributed by atoms with E-state index in [0.29, 0.717) is 51.6 Å². The van der Waals surface area contributed by atoms with E-state index in [9.17, 15) is 18.0 Å². The Labute approximate surface area is 293 Å². The maximum atomic E-state index is 13.6. The molecule has 0 spiro atoms. The molecule has 1 unspecified atom stereocenters. The quantitative estimate of drug-likeness (QED) is 0.0913. The lowest BCUT2D eigenvalue weighted by Gasteiger charge is -2.30. The number of sulfonamides is 1. The van der Waals surface area contributed by atoms with E-state index in [1.807, 2.05) is 48.7 Å². The van der Waals surface area contributed by atoms with E-state index in [4.69, 9.17) is 22.4 Å². The Hall–Kier alpha value is -3.32. The molecule has 256 valence electrons. The van der Waals surface area contributed by atoms with Gasteiger partial charge in [-0.15, -0.1) is 0 Å². The molecular weight excluding hydrogens is 665 g/mol. The van der Waals surface area contributed by atoms with E-state index < -0.39 is 16.0 Å². The van der Waals surface area contributed by atoms with Crippen molar-refractivity contribution in [1.29, 1.82) is 0 Å². The number of benzene rings is 2. The number of para-hydroxylation sites is 1. The van der Waals surface area contributed by atoms with Crippen molar-refractivity contribution in [2.24, 2.45) is 5.92 Å². The minimum Gasteiger partial charge on any atom is -0.481 e. The van der Waals surface area contributed by atoms with Gasteiger partial charge in [0.15, 0.2) is 0 Å². The zero-order valence-corrected chi connectivity index (χ0v) is 29.9. The van der Waals surface area contributed by atoms with Crippen LogP contribution in [0.15, 0.2) is 70.6 Å². The topological polar surface area (TPSA) is 113 Å². The van der Waals surface area contributed by atoms with Crippen molar-refractivity contribution in [3.05, 3.63) is 71.3 Å². The van der Waals surface area contributed by atoms with Gasteiger partial charge in [0.05, 0.1) is 15.5 Å². The predicted octanol–water partition coefficient (Wildman–Crippen LogP) is 7.76. The van der Waals surface area contributed by atoms with E-state index in [-0.39, 0.29) is 17.2 Å². The largest absolute Gasteiger partial charge is 0.481 e. The number of amides is 1. The molecule has 1 amide bonds. The highest BCUT2D eigenvalue weighted by Crippen LogP contribution is 2.36. The molecule has 2 fully saturated rings. The summed E-state index contributed by atoms with van der Waals surface area (Å²) in [6.45, 7) is 3.67. The smallest absolute Gasteiger partial charge is 0.303 e. The highest BCUT2D eigenvalue weighted by atomic mass is 32.2. The van der Waals surface area contributed by atoms with Crippen LogP contribution in [0, 0.1) is 5.92 Å². The first-order valence-corrected chi connectivity index (χ1v) is 19.5. The number of hydrogen-bond donors (Lipinski definition) is 1. The molecule has 5 rings (SSSR count). The molecule has 2 aliphatic rings. The molecule has 9 nitrogen and oxygen atoms in total. The summed E-state index contributed by atoms with van der Waals surface area (Å²) in [7, 11) is -3.67. The highest BCUT2D eigenvalue weighted by molar-refractivity contribution is 8.26. The third-order valence-corrected chi connectivity index (χ3v) is 12.0. The van der Waals surface area contributed by atoms with Crippen LogP contribution in [0.5, 0.6) is 0 Å². The van der Waals surface area contributed by atoms with Gasteiger partial charge in [-0.25, -0.2) is 13.1 Å². The van der Waals surface area contributed by atoms with E-state index in [1.54, 1.807) is 32.1 Å². The molecule has 0 radical (unpaired) electrons. The van der Waals surface area contributed by atoms with E-state index in [2.05, 4.69) is 6.92 Å². The van der Waals surface area contributed by atoms with Gasteiger partial charge >= 0.3 is 5.97 Å². The van der Waals surface area contributed by atoms with Gasteiger partial charge in [0.2, 0.25) is 10.0 Å². The first-order valence-electron chi connectivity index (χ1n) is 16.9. The second kappa shape index (κ2) is 16.9. The molecule has 1 atom stereocenters. The monoisotopic (exact) mass is 708 g/mol. The lowest BCUT2D eigenvalue weighted by molar-refractivity contribution is -0.137. The number of carbonyl (C=O) groups excluding carboxylic acids is 1. The van der Waals surface area contributed by atoms with Crippen LogP contribution in [-0.4, -0.2) is 68.3 Å². The van der Waals surface area contributed by atoms with Gasteiger partial charge in [-0.05, 0) is 61.9 Å². The number of nitrogens with zero attached hydrogens (tertiary/aromatic N) is 4. The summed E-state index contributed by atoms with van der Waals surface area (Å²) in [5.41, 5.74) is 2.77. The maximum absolute atomic E-state index is 13.6. The second-order valence-electron chi connectivity index (χ2n) is 12.7. The summed E-state index contributed by atoms with van der Waals surface area (Å²) in [6.07, 6.45) is 13.6. The fourth-order valence-electron chi connectivity index (χ4n) is 6.19. The molecular formula is C36H44N4O5S3. The van der Waals surface area contributed by atoms with E-state index in [1.165, 1.54) is 11.8 Å². The summed E-state index contributed by atoms with van der Waals surface area (Å²) in [6, 6.07) is 16.6. The van der Waals surface area contributed by atoms with Gasteiger partial charge in [0.25, 0.3) is 5.91 Å². The van der Waals surface area contributed by atoms with Crippen LogP contribution in [0.4, 0.5) is 0 Å². The Kier molecular flexibility index (Phi) is 12.6. The number of rotatable bonds is 16. The lowest BCUT2D eigenvalue weighted by atomic mass is 10.0. The maximum Gasteiger partial charge on any atom is 0.303 e. The molecule has 0 aliphatic carbocycles. The number of thiocarbonyl (C=S) groups is 1. The Morgan fingerprint density at radius 1 is 1.02 bits per heavy atom. The fourth-order valence-corrected chi connectivity index (χ4v) is 9.13. The summed E-state index contributed by atoms with van der Waals surface area (Å²) in [5, 5.41) is 13.6. The summed E-state index contributed by atoms with van der Waals surface area (Å²) < 4.78 is 31.2. The Bertz CT molecular complexity index is 1740. The number of carboxylic acids is 1. The van der Waals surface area contributed by atoms with Crippen molar-refractivity contribution < 1.29 is 23.1 Å². The molecule has 48 heavy (non-hydrogen) atoms. The van der Waals surface area contributed by atoms with Gasteiger partial charge in [0.1, 0.15) is 10.0 Å². The van der Waals surface area contributed by atoms with Crippen molar-refractivity contribution in [3.8, 4) is 16.9 Å². The van der Waals surface area contributed by atoms with Crippen molar-refractivity contribution in [3.63, 3.8) is 0 Å². The van der Waals surface area contributed by atoms with E-state index in [0.717, 1.165) is 69.9 Å². The number of aliphatic carboxylic acids is 1. The normalized spacial score (nSPS) is 18.2. The third kappa shape index (κ3) is 9.22. The summed E-state index contributed by atoms with van der Waals surface area (Å²) in [5.74, 6) is -0.543. The molecule has 0 bridgehead atoms. The Morgan fingerprint density at radius 2 is 1.73 bits per heavy atom. The van der Waals surface area contributed by atoms with Crippen molar-refractivity contribution in [2.75, 3.05) is 19.6 Å². The van der Waals surface area contributed by atoms with Crippen LogP contribution in [0.3, 0.4) is 0 Å². The zero-order chi connectivity index (χ0) is 34.1. The van der Waals surface area contributed by atoms with Crippen LogP contribution in [0.25, 0.3) is 23.0 Å². The molecule has 3 aromatic rings. The molecule has 2 aromatic carbocycles. The van der Waals surface area contributed by atoms with Crippen molar-refractivity contribution >= 4 is 56.3 Å². The number of aromatic nitrogens is 2. The average Bonchev–Trinajstić information content (AvgIpc) is 3.62. The van der Waals surface area contributed by atoms with Crippen LogP contribution in [0.2, 0.25) is 0 Å². The minimum atomic E-state index is -3.67. The van der Waals surface area contributed by atoms with Crippen molar-refractivity contribution in [1.82, 2.24) is 19.0 Å². The van der Waals surface area contributed by atoms with Gasteiger partial charge in [0, 0.05) is 43.4 Å². The third-order valence-electron chi connectivity index (χ3n) is 8.81. The first kappa shape index (κ1) is 36.0. The lowest BCUT2D eigenvalue weighted by Crippen LogP contribution is -2.39. The average molecular weight is 709 g/mol. The van der Waals surface area contributed by atoms with Crippen LogP contribution in [-0.2, 0) is 19.6 Å². The molecule has 0 saturated carbocycles. The molecule has 2 aliphatic heterocycles.